The van der Waals surface area contributed by atoms with Crippen LogP contribution in [-0.2, 0) is 28.7 Å². The first-order valence-corrected chi connectivity index (χ1v) is 10.6. The van der Waals surface area contributed by atoms with Gasteiger partial charge in [-0.3, -0.25) is 4.68 Å². The van der Waals surface area contributed by atoms with E-state index in [-0.39, 0.29) is 36.4 Å². The van der Waals surface area contributed by atoms with Gasteiger partial charge in [0.15, 0.2) is 5.65 Å². The largest absolute Gasteiger partial charge is 0.268 e. The second-order valence-electron chi connectivity index (χ2n) is 7.25. The Bertz CT molecular complexity index is 1160. The highest BCUT2D eigenvalue weighted by atomic mass is 32.2. The fraction of sp³-hybridized carbons (Fsp3) is 0.471. The Kier molecular flexibility index (Phi) is 3.82. The number of fused-ring (bicyclic) bond motifs is 2. The van der Waals surface area contributed by atoms with Gasteiger partial charge in [-0.05, 0) is 25.7 Å². The Labute approximate surface area is 159 Å². The molecule has 8 nitrogen and oxygen atoms in total. The fourth-order valence-electron chi connectivity index (χ4n) is 4.11. The van der Waals surface area contributed by atoms with Crippen LogP contribution in [0.25, 0.3) is 5.65 Å². The summed E-state index contributed by atoms with van der Waals surface area (Å²) in [6, 6.07) is 1.14. The zero-order chi connectivity index (χ0) is 19.5. The number of hydrogen-bond donors (Lipinski definition) is 0. The summed E-state index contributed by atoms with van der Waals surface area (Å²) in [4.78, 5) is 4.08. The monoisotopic (exact) mass is 408 g/mol. The zero-order valence-electron chi connectivity index (χ0n) is 14.9. The van der Waals surface area contributed by atoms with Gasteiger partial charge in [0.2, 0.25) is 10.0 Å². The van der Waals surface area contributed by atoms with E-state index in [9.17, 15) is 12.8 Å². The number of pyridine rings is 1. The van der Waals surface area contributed by atoms with Gasteiger partial charge < -0.3 is 0 Å². The minimum Gasteiger partial charge on any atom is -0.268 e. The SMILES string of the molecule is O=S(=O)(c1cnn2c1CCC2)N1CCC(F)(c2cn3ncnc3cc2F)CC1. The Balaban J connectivity index is 1.41. The zero-order valence-corrected chi connectivity index (χ0v) is 15.7. The van der Waals surface area contributed by atoms with Gasteiger partial charge in [-0.2, -0.15) is 14.5 Å². The first kappa shape index (κ1) is 17.7. The molecule has 0 bridgehead atoms. The number of hydrogen-bond acceptors (Lipinski definition) is 5. The van der Waals surface area contributed by atoms with Crippen molar-refractivity contribution in [3.8, 4) is 0 Å². The summed E-state index contributed by atoms with van der Waals surface area (Å²) >= 11 is 0. The number of rotatable bonds is 3. The molecular formula is C17H18F2N6O2S. The van der Waals surface area contributed by atoms with Crippen molar-refractivity contribution in [3.05, 3.63) is 41.9 Å². The van der Waals surface area contributed by atoms with Crippen LogP contribution in [-0.4, -0.2) is 50.2 Å². The molecular weight excluding hydrogens is 390 g/mol. The number of aromatic nitrogens is 5. The first-order valence-electron chi connectivity index (χ1n) is 9.12. The molecule has 1 saturated heterocycles. The van der Waals surface area contributed by atoms with Gasteiger partial charge in [-0.25, -0.2) is 26.7 Å². The average Bonchev–Trinajstić information content (AvgIpc) is 3.37. The van der Waals surface area contributed by atoms with E-state index in [1.54, 1.807) is 4.68 Å². The molecule has 0 amide bonds. The predicted molar refractivity (Wildman–Crippen MR) is 94.3 cm³/mol. The van der Waals surface area contributed by atoms with E-state index in [4.69, 9.17) is 0 Å². The fourth-order valence-corrected chi connectivity index (χ4v) is 5.73. The van der Waals surface area contributed by atoms with Crippen molar-refractivity contribution < 1.29 is 17.2 Å². The molecule has 0 spiro atoms. The van der Waals surface area contributed by atoms with Gasteiger partial charge in [0, 0.05) is 37.5 Å². The number of sulfonamides is 1. The van der Waals surface area contributed by atoms with Crippen LogP contribution in [0.1, 0.15) is 30.5 Å². The summed E-state index contributed by atoms with van der Waals surface area (Å²) in [5, 5.41) is 8.07. The molecule has 2 aliphatic rings. The smallest absolute Gasteiger partial charge is 0.246 e. The van der Waals surface area contributed by atoms with Crippen molar-refractivity contribution in [3.63, 3.8) is 0 Å². The van der Waals surface area contributed by atoms with Gasteiger partial charge >= 0.3 is 0 Å². The van der Waals surface area contributed by atoms with E-state index in [2.05, 4.69) is 15.2 Å². The lowest BCUT2D eigenvalue weighted by Crippen LogP contribution is -2.43. The minimum absolute atomic E-state index is 0.0295. The summed E-state index contributed by atoms with van der Waals surface area (Å²) in [5.41, 5.74) is -1.08. The van der Waals surface area contributed by atoms with Crippen molar-refractivity contribution in [2.24, 2.45) is 0 Å². The van der Waals surface area contributed by atoms with E-state index in [0.29, 0.717) is 24.3 Å². The van der Waals surface area contributed by atoms with Gasteiger partial charge in [-0.1, -0.05) is 0 Å². The lowest BCUT2D eigenvalue weighted by molar-refractivity contribution is 0.0824. The Morgan fingerprint density at radius 1 is 1.14 bits per heavy atom. The van der Waals surface area contributed by atoms with Crippen molar-refractivity contribution in [1.29, 1.82) is 0 Å². The quantitative estimate of drug-likeness (QED) is 0.658. The molecule has 1 fully saturated rings. The number of piperidine rings is 1. The highest BCUT2D eigenvalue weighted by Gasteiger charge is 2.43. The molecule has 0 aromatic carbocycles. The van der Waals surface area contributed by atoms with Crippen LogP contribution in [0.4, 0.5) is 8.78 Å². The summed E-state index contributed by atoms with van der Waals surface area (Å²) in [6.45, 7) is 0.652. The highest BCUT2D eigenvalue weighted by Crippen LogP contribution is 2.40. The lowest BCUT2D eigenvalue weighted by atomic mass is 9.87. The number of alkyl halides is 1. The first-order chi connectivity index (χ1) is 13.4. The molecule has 0 saturated carbocycles. The Morgan fingerprint density at radius 3 is 2.71 bits per heavy atom. The van der Waals surface area contributed by atoms with E-state index >= 15 is 4.39 Å². The summed E-state index contributed by atoms with van der Waals surface area (Å²) in [6.07, 6.45) is 5.20. The molecule has 0 N–H and O–H groups in total. The highest BCUT2D eigenvalue weighted by molar-refractivity contribution is 7.89. The normalized spacial score (nSPS) is 19.9. The third kappa shape index (κ3) is 2.56. The van der Waals surface area contributed by atoms with E-state index < -0.39 is 21.5 Å². The molecule has 5 heterocycles. The number of halogens is 2. The van der Waals surface area contributed by atoms with E-state index in [1.165, 1.54) is 27.5 Å². The van der Waals surface area contributed by atoms with Crippen LogP contribution in [0.3, 0.4) is 0 Å². The molecule has 0 atom stereocenters. The van der Waals surface area contributed by atoms with Crippen LogP contribution >= 0.6 is 0 Å². The van der Waals surface area contributed by atoms with Crippen LogP contribution in [0.5, 0.6) is 0 Å². The molecule has 148 valence electrons. The summed E-state index contributed by atoms with van der Waals surface area (Å²) in [5.74, 6) is -0.700. The number of aryl methyl sites for hydroxylation is 1. The van der Waals surface area contributed by atoms with Crippen molar-refractivity contribution >= 4 is 15.7 Å². The topological polar surface area (TPSA) is 85.4 Å². The Morgan fingerprint density at radius 2 is 1.93 bits per heavy atom. The predicted octanol–water partition coefficient (Wildman–Crippen LogP) is 1.66. The molecule has 0 aliphatic carbocycles. The van der Waals surface area contributed by atoms with Gasteiger partial charge in [0.1, 0.15) is 22.7 Å². The van der Waals surface area contributed by atoms with Crippen molar-refractivity contribution in [2.45, 2.75) is 42.8 Å². The molecule has 3 aromatic heterocycles. The average molecular weight is 408 g/mol. The molecule has 11 heteroatoms. The van der Waals surface area contributed by atoms with Crippen LogP contribution in [0.15, 0.2) is 29.7 Å². The van der Waals surface area contributed by atoms with Crippen molar-refractivity contribution in [2.75, 3.05) is 13.1 Å². The molecule has 2 aliphatic heterocycles. The standard InChI is InChI=1S/C17H18F2N6O2S/c18-13-8-16-20-11-22-25(16)10-12(13)17(19)3-6-23(7-4-17)28(26,27)15-9-21-24-5-1-2-14(15)24/h8-11H,1-7H2. The van der Waals surface area contributed by atoms with Crippen LogP contribution in [0.2, 0.25) is 0 Å². The second-order valence-corrected chi connectivity index (χ2v) is 9.16. The molecule has 5 rings (SSSR count). The molecule has 28 heavy (non-hydrogen) atoms. The minimum atomic E-state index is -3.75. The second kappa shape index (κ2) is 6.05. The Hall–Kier alpha value is -2.40. The molecule has 3 aromatic rings. The van der Waals surface area contributed by atoms with Gasteiger partial charge in [0.25, 0.3) is 0 Å². The summed E-state index contributed by atoms with van der Waals surface area (Å²) in [7, 11) is -3.75. The maximum absolute atomic E-state index is 15.6. The molecule has 0 unspecified atom stereocenters. The maximum Gasteiger partial charge on any atom is 0.246 e. The third-order valence-electron chi connectivity index (χ3n) is 5.67. The molecule has 0 radical (unpaired) electrons. The van der Waals surface area contributed by atoms with E-state index in [1.807, 2.05) is 0 Å². The van der Waals surface area contributed by atoms with Crippen LogP contribution < -0.4 is 0 Å². The van der Waals surface area contributed by atoms with E-state index in [0.717, 1.165) is 12.5 Å². The van der Waals surface area contributed by atoms with Crippen molar-refractivity contribution in [1.82, 2.24) is 28.7 Å². The lowest BCUT2D eigenvalue weighted by Gasteiger charge is -2.35. The van der Waals surface area contributed by atoms with Gasteiger partial charge in [-0.15, -0.1) is 0 Å². The van der Waals surface area contributed by atoms with Crippen LogP contribution in [0, 0.1) is 5.82 Å². The van der Waals surface area contributed by atoms with Gasteiger partial charge in [0.05, 0.1) is 11.9 Å². The third-order valence-corrected chi connectivity index (χ3v) is 7.62. The maximum atomic E-state index is 15.6. The number of nitrogens with zero attached hydrogens (tertiary/aromatic N) is 6. The summed E-state index contributed by atoms with van der Waals surface area (Å²) < 4.78 is 60.4.